The molecule has 0 fully saturated rings. The molecule has 1 atom stereocenters. The highest BCUT2D eigenvalue weighted by Crippen LogP contribution is 2.44. The Labute approximate surface area is 205 Å². The van der Waals surface area contributed by atoms with E-state index in [0.29, 0.717) is 19.6 Å². The second-order valence-corrected chi connectivity index (χ2v) is 9.33. The number of ether oxygens (including phenoxy) is 2. The summed E-state index contributed by atoms with van der Waals surface area (Å²) < 4.78 is 10.6. The fourth-order valence-electron chi connectivity index (χ4n) is 3.98. The van der Waals surface area contributed by atoms with E-state index in [1.165, 1.54) is 11.1 Å². The highest BCUT2D eigenvalue weighted by Gasteiger charge is 2.29. The fraction of sp³-hybridized carbons (Fsp3) is 0.423. The Hall–Kier alpha value is -3.59. The molecule has 3 rings (SSSR count). The molecule has 4 N–H and O–H groups in total. The first-order valence-corrected chi connectivity index (χ1v) is 11.7. The topological polar surface area (TPSA) is 126 Å². The normalized spacial score (nSPS) is 13.3. The van der Waals surface area contributed by atoms with Gasteiger partial charge < -0.3 is 30.5 Å². The summed E-state index contributed by atoms with van der Waals surface area (Å²) in [5.41, 5.74) is 3.92. The largest absolute Gasteiger partial charge is 0.480 e. The maximum Gasteiger partial charge on any atom is 0.408 e. The lowest BCUT2D eigenvalue weighted by Gasteiger charge is -2.22. The summed E-state index contributed by atoms with van der Waals surface area (Å²) >= 11 is 0. The van der Waals surface area contributed by atoms with Crippen LogP contribution in [0.1, 0.15) is 44.2 Å². The highest BCUT2D eigenvalue weighted by molar-refractivity contribution is 5.80. The van der Waals surface area contributed by atoms with E-state index in [-0.39, 0.29) is 18.9 Å². The molecule has 2 aromatic carbocycles. The third kappa shape index (κ3) is 7.45. The third-order valence-corrected chi connectivity index (χ3v) is 5.51. The maximum atomic E-state index is 12.2. The second kappa shape index (κ2) is 11.7. The number of amides is 2. The SMILES string of the molecule is CC(C)(C)OC(=O)N[C@@H](CCNCCNC(=O)OCC1c2ccccc2-c2ccccc21)C(=O)O. The number of fused-ring (bicyclic) bond motifs is 3. The minimum Gasteiger partial charge on any atom is -0.480 e. The van der Waals surface area contributed by atoms with E-state index in [0.717, 1.165) is 11.1 Å². The zero-order valence-corrected chi connectivity index (χ0v) is 20.3. The lowest BCUT2D eigenvalue weighted by atomic mass is 9.98. The molecule has 9 heteroatoms. The molecule has 0 spiro atoms. The lowest BCUT2D eigenvalue weighted by Crippen LogP contribution is -2.45. The molecule has 0 saturated carbocycles. The molecule has 1 aliphatic rings. The molecule has 0 radical (unpaired) electrons. The Morgan fingerprint density at radius 3 is 2.09 bits per heavy atom. The first-order chi connectivity index (χ1) is 16.7. The molecule has 188 valence electrons. The van der Waals surface area contributed by atoms with Gasteiger partial charge in [-0.25, -0.2) is 14.4 Å². The van der Waals surface area contributed by atoms with Gasteiger partial charge in [0.15, 0.2) is 0 Å². The summed E-state index contributed by atoms with van der Waals surface area (Å²) in [6.45, 7) is 6.41. The van der Waals surface area contributed by atoms with E-state index in [9.17, 15) is 19.5 Å². The number of carboxylic acid groups (broad SMARTS) is 1. The Kier molecular flexibility index (Phi) is 8.70. The van der Waals surface area contributed by atoms with Gasteiger partial charge in [0, 0.05) is 19.0 Å². The summed E-state index contributed by atoms with van der Waals surface area (Å²) in [5, 5.41) is 17.4. The molecule has 0 saturated heterocycles. The Morgan fingerprint density at radius 1 is 0.914 bits per heavy atom. The summed E-state index contributed by atoms with van der Waals surface area (Å²) in [4.78, 5) is 35.4. The molecule has 2 aromatic rings. The van der Waals surface area contributed by atoms with Gasteiger partial charge in [-0.15, -0.1) is 0 Å². The summed E-state index contributed by atoms with van der Waals surface area (Å²) in [6.07, 6.45) is -1.12. The fourth-order valence-corrected chi connectivity index (χ4v) is 3.98. The number of nitrogens with one attached hydrogen (secondary N) is 3. The third-order valence-electron chi connectivity index (χ3n) is 5.51. The summed E-state index contributed by atoms with van der Waals surface area (Å²) in [6, 6.07) is 15.2. The first kappa shape index (κ1) is 26.0. The molecular weight excluding hydrogens is 450 g/mol. The number of benzene rings is 2. The van der Waals surface area contributed by atoms with Crippen LogP contribution in [-0.2, 0) is 14.3 Å². The van der Waals surface area contributed by atoms with E-state index in [2.05, 4.69) is 40.2 Å². The molecule has 1 aliphatic carbocycles. The number of carbonyl (C=O) groups is 3. The van der Waals surface area contributed by atoms with Crippen molar-refractivity contribution in [3.8, 4) is 11.1 Å². The van der Waals surface area contributed by atoms with Crippen molar-refractivity contribution >= 4 is 18.2 Å². The Balaban J connectivity index is 1.35. The molecule has 0 heterocycles. The average molecular weight is 484 g/mol. The summed E-state index contributed by atoms with van der Waals surface area (Å²) in [7, 11) is 0. The predicted molar refractivity (Wildman–Crippen MR) is 131 cm³/mol. The molecule has 0 aliphatic heterocycles. The van der Waals surface area contributed by atoms with Gasteiger partial charge in [0.05, 0.1) is 0 Å². The minimum absolute atomic E-state index is 0.00306. The lowest BCUT2D eigenvalue weighted by molar-refractivity contribution is -0.139. The summed E-state index contributed by atoms with van der Waals surface area (Å²) in [5.74, 6) is -1.15. The van der Waals surface area contributed by atoms with Crippen LogP contribution in [-0.4, -0.2) is 61.1 Å². The molecular formula is C26H33N3O6. The van der Waals surface area contributed by atoms with Gasteiger partial charge in [0.2, 0.25) is 0 Å². The van der Waals surface area contributed by atoms with Crippen molar-refractivity contribution in [3.05, 3.63) is 59.7 Å². The van der Waals surface area contributed by atoms with Gasteiger partial charge in [0.25, 0.3) is 0 Å². The van der Waals surface area contributed by atoms with Crippen LogP contribution < -0.4 is 16.0 Å². The van der Waals surface area contributed by atoms with Gasteiger partial charge >= 0.3 is 18.2 Å². The van der Waals surface area contributed by atoms with E-state index in [4.69, 9.17) is 9.47 Å². The number of hydrogen-bond acceptors (Lipinski definition) is 6. The highest BCUT2D eigenvalue weighted by atomic mass is 16.6. The van der Waals surface area contributed by atoms with Gasteiger partial charge in [-0.05, 0) is 56.0 Å². The average Bonchev–Trinajstić information content (AvgIpc) is 3.11. The van der Waals surface area contributed by atoms with Crippen molar-refractivity contribution in [2.24, 2.45) is 0 Å². The van der Waals surface area contributed by atoms with Crippen molar-refractivity contribution in [1.82, 2.24) is 16.0 Å². The van der Waals surface area contributed by atoms with Crippen LogP contribution in [0, 0.1) is 0 Å². The maximum absolute atomic E-state index is 12.2. The van der Waals surface area contributed by atoms with Crippen LogP contribution in [0.25, 0.3) is 11.1 Å². The van der Waals surface area contributed by atoms with Crippen LogP contribution in [0.4, 0.5) is 9.59 Å². The van der Waals surface area contributed by atoms with Crippen molar-refractivity contribution in [1.29, 1.82) is 0 Å². The zero-order chi connectivity index (χ0) is 25.4. The number of aliphatic carboxylic acids is 1. The van der Waals surface area contributed by atoms with Crippen LogP contribution in [0.3, 0.4) is 0 Å². The quantitative estimate of drug-likeness (QED) is 0.381. The van der Waals surface area contributed by atoms with Gasteiger partial charge in [-0.3, -0.25) is 0 Å². The van der Waals surface area contributed by atoms with Crippen LogP contribution in [0.15, 0.2) is 48.5 Å². The number of alkyl carbamates (subject to hydrolysis) is 2. The molecule has 0 bridgehead atoms. The molecule has 0 aromatic heterocycles. The molecule has 35 heavy (non-hydrogen) atoms. The predicted octanol–water partition coefficient (Wildman–Crippen LogP) is 3.48. The Morgan fingerprint density at radius 2 is 1.51 bits per heavy atom. The van der Waals surface area contributed by atoms with Crippen LogP contribution in [0.5, 0.6) is 0 Å². The van der Waals surface area contributed by atoms with Crippen molar-refractivity contribution in [2.45, 2.75) is 44.8 Å². The zero-order valence-electron chi connectivity index (χ0n) is 20.3. The van der Waals surface area contributed by atoms with Crippen LogP contribution in [0.2, 0.25) is 0 Å². The minimum atomic E-state index is -1.14. The molecule has 2 amide bonds. The standard InChI is InChI=1S/C26H33N3O6/c1-26(2,3)35-25(33)29-22(23(30)31)12-13-27-14-15-28-24(32)34-16-21-19-10-6-4-8-17(19)18-9-5-7-11-20(18)21/h4-11,21-22,27H,12-16H2,1-3H3,(H,28,32)(H,29,33)(H,30,31)/t22-/m0/s1. The number of carboxylic acids is 1. The Bertz CT molecular complexity index is 1000. The van der Waals surface area contributed by atoms with Crippen molar-refractivity contribution in [3.63, 3.8) is 0 Å². The number of carbonyl (C=O) groups excluding carboxylic acids is 2. The smallest absolute Gasteiger partial charge is 0.408 e. The van der Waals surface area contributed by atoms with Crippen molar-refractivity contribution < 1.29 is 29.0 Å². The van der Waals surface area contributed by atoms with E-state index in [1.54, 1.807) is 20.8 Å². The van der Waals surface area contributed by atoms with E-state index in [1.807, 2.05) is 24.3 Å². The van der Waals surface area contributed by atoms with Gasteiger partial charge in [0.1, 0.15) is 18.2 Å². The molecule has 0 unspecified atom stereocenters. The van der Waals surface area contributed by atoms with Crippen LogP contribution >= 0.6 is 0 Å². The molecule has 9 nitrogen and oxygen atoms in total. The van der Waals surface area contributed by atoms with Gasteiger partial charge in [-0.2, -0.15) is 0 Å². The van der Waals surface area contributed by atoms with Crippen molar-refractivity contribution in [2.75, 3.05) is 26.2 Å². The monoisotopic (exact) mass is 483 g/mol. The number of hydrogen-bond donors (Lipinski definition) is 4. The first-order valence-electron chi connectivity index (χ1n) is 11.7. The van der Waals surface area contributed by atoms with E-state index >= 15 is 0 Å². The van der Waals surface area contributed by atoms with Gasteiger partial charge in [-0.1, -0.05) is 48.5 Å². The van der Waals surface area contributed by atoms with E-state index < -0.39 is 29.8 Å². The number of rotatable bonds is 10. The second-order valence-electron chi connectivity index (χ2n) is 9.33.